The molecule has 2 unspecified atom stereocenters. The van der Waals surface area contributed by atoms with E-state index in [2.05, 4.69) is 28.2 Å². The third-order valence-electron chi connectivity index (χ3n) is 4.64. The summed E-state index contributed by atoms with van der Waals surface area (Å²) in [6.07, 6.45) is 8.55. The van der Waals surface area contributed by atoms with E-state index >= 15 is 0 Å². The van der Waals surface area contributed by atoms with Crippen molar-refractivity contribution in [3.8, 4) is 0 Å². The zero-order valence-electron chi connectivity index (χ0n) is 13.0. The Bertz CT molecular complexity index is 435. The van der Waals surface area contributed by atoms with Gasteiger partial charge >= 0.3 is 0 Å². The Hall–Kier alpha value is -0.410. The van der Waals surface area contributed by atoms with Gasteiger partial charge in [-0.15, -0.1) is 0 Å². The van der Waals surface area contributed by atoms with Gasteiger partial charge in [0.25, 0.3) is 0 Å². The van der Waals surface area contributed by atoms with Gasteiger partial charge in [-0.05, 0) is 74.4 Å². The molecule has 0 aromatic heterocycles. The highest BCUT2D eigenvalue weighted by Crippen LogP contribution is 2.32. The van der Waals surface area contributed by atoms with E-state index in [1.165, 1.54) is 38.5 Å². The highest BCUT2D eigenvalue weighted by atomic mass is 79.9. The first kappa shape index (κ1) is 17.0. The Kier molecular flexibility index (Phi) is 7.18. The summed E-state index contributed by atoms with van der Waals surface area (Å²) in [5, 5.41) is 3.57. The summed E-state index contributed by atoms with van der Waals surface area (Å²) in [4.78, 5) is 0. The predicted molar refractivity (Wildman–Crippen MR) is 91.0 cm³/mol. The van der Waals surface area contributed by atoms with Crippen molar-refractivity contribution in [3.05, 3.63) is 34.1 Å². The van der Waals surface area contributed by atoms with E-state index in [1.54, 1.807) is 12.1 Å². The molecule has 1 aromatic carbocycles. The van der Waals surface area contributed by atoms with Crippen LogP contribution in [0.15, 0.2) is 22.7 Å². The van der Waals surface area contributed by atoms with Gasteiger partial charge < -0.3 is 5.32 Å². The van der Waals surface area contributed by atoms with Crippen LogP contribution in [0, 0.1) is 17.7 Å². The molecule has 0 amide bonds. The molecule has 1 aliphatic carbocycles. The smallest absolute Gasteiger partial charge is 0.126 e. The van der Waals surface area contributed by atoms with Gasteiger partial charge in [-0.2, -0.15) is 0 Å². The fourth-order valence-corrected chi connectivity index (χ4v) is 3.85. The summed E-state index contributed by atoms with van der Waals surface area (Å²) in [5.41, 5.74) is 0.872. The molecule has 2 rings (SSSR count). The Morgan fingerprint density at radius 3 is 2.71 bits per heavy atom. The van der Waals surface area contributed by atoms with Crippen molar-refractivity contribution in [2.45, 2.75) is 51.9 Å². The maximum Gasteiger partial charge on any atom is 0.126 e. The molecule has 1 saturated carbocycles. The fourth-order valence-electron chi connectivity index (χ4n) is 3.45. The first-order chi connectivity index (χ1) is 10.2. The Balaban J connectivity index is 2.03. The summed E-state index contributed by atoms with van der Waals surface area (Å²) >= 11 is 3.46. The number of hydrogen-bond acceptors (Lipinski definition) is 1. The van der Waals surface area contributed by atoms with Gasteiger partial charge in [0.15, 0.2) is 0 Å². The van der Waals surface area contributed by atoms with Crippen LogP contribution in [-0.4, -0.2) is 13.1 Å². The number of rotatable bonds is 6. The van der Waals surface area contributed by atoms with E-state index in [0.717, 1.165) is 29.5 Å². The van der Waals surface area contributed by atoms with Crippen molar-refractivity contribution in [1.29, 1.82) is 0 Å². The van der Waals surface area contributed by atoms with Gasteiger partial charge in [-0.25, -0.2) is 4.39 Å². The number of nitrogens with one attached hydrogen (secondary N) is 1. The van der Waals surface area contributed by atoms with E-state index in [9.17, 15) is 4.39 Å². The third-order valence-corrected chi connectivity index (χ3v) is 5.13. The standard InChI is InChI=1S/C18H27BrFN/c1-2-10-21-13-15-7-5-3-4-6-14(15)11-16-12-17(19)8-9-18(16)20/h8-9,12,14-15,21H,2-7,10-11,13H2,1H3. The maximum atomic E-state index is 14.0. The van der Waals surface area contributed by atoms with Crippen molar-refractivity contribution in [2.24, 2.45) is 11.8 Å². The summed E-state index contributed by atoms with van der Waals surface area (Å²) in [6.45, 7) is 4.39. The van der Waals surface area contributed by atoms with Gasteiger partial charge in [-0.1, -0.05) is 42.1 Å². The number of halogens is 2. The molecule has 0 bridgehead atoms. The molecule has 0 spiro atoms. The summed E-state index contributed by atoms with van der Waals surface area (Å²) in [7, 11) is 0. The molecule has 0 aliphatic heterocycles. The molecule has 0 radical (unpaired) electrons. The highest BCUT2D eigenvalue weighted by molar-refractivity contribution is 9.10. The maximum absolute atomic E-state index is 14.0. The van der Waals surface area contributed by atoms with Crippen LogP contribution >= 0.6 is 15.9 Å². The molecule has 21 heavy (non-hydrogen) atoms. The second kappa shape index (κ2) is 8.89. The molecule has 1 aromatic rings. The zero-order valence-corrected chi connectivity index (χ0v) is 14.6. The minimum absolute atomic E-state index is 0.0530. The van der Waals surface area contributed by atoms with Crippen LogP contribution in [0.1, 0.15) is 51.0 Å². The van der Waals surface area contributed by atoms with Crippen molar-refractivity contribution in [1.82, 2.24) is 5.32 Å². The molecule has 2 atom stereocenters. The largest absolute Gasteiger partial charge is 0.316 e. The average Bonchev–Trinajstić information content (AvgIpc) is 2.69. The minimum Gasteiger partial charge on any atom is -0.316 e. The van der Waals surface area contributed by atoms with Crippen LogP contribution in [-0.2, 0) is 6.42 Å². The van der Waals surface area contributed by atoms with Crippen molar-refractivity contribution in [2.75, 3.05) is 13.1 Å². The molecule has 0 saturated heterocycles. The predicted octanol–water partition coefficient (Wildman–Crippen LogP) is 5.33. The molecule has 1 nitrogen and oxygen atoms in total. The van der Waals surface area contributed by atoms with Gasteiger partial charge in [0.2, 0.25) is 0 Å². The molecule has 1 fully saturated rings. The third kappa shape index (κ3) is 5.37. The first-order valence-corrected chi connectivity index (χ1v) is 9.14. The lowest BCUT2D eigenvalue weighted by Gasteiger charge is -2.26. The second-order valence-electron chi connectivity index (χ2n) is 6.30. The monoisotopic (exact) mass is 355 g/mol. The van der Waals surface area contributed by atoms with Crippen LogP contribution in [0.4, 0.5) is 4.39 Å². The lowest BCUT2D eigenvalue weighted by molar-refractivity contribution is 0.295. The summed E-state index contributed by atoms with van der Waals surface area (Å²) in [6, 6.07) is 5.32. The second-order valence-corrected chi connectivity index (χ2v) is 7.22. The van der Waals surface area contributed by atoms with Crippen molar-refractivity contribution < 1.29 is 4.39 Å². The van der Waals surface area contributed by atoms with Gasteiger partial charge in [-0.3, -0.25) is 0 Å². The Morgan fingerprint density at radius 1 is 1.19 bits per heavy atom. The molecule has 1 N–H and O–H groups in total. The van der Waals surface area contributed by atoms with Crippen LogP contribution in [0.25, 0.3) is 0 Å². The Morgan fingerprint density at radius 2 is 1.95 bits per heavy atom. The van der Waals surface area contributed by atoms with Gasteiger partial charge in [0.05, 0.1) is 0 Å². The quantitative estimate of drug-likeness (QED) is 0.537. The van der Waals surface area contributed by atoms with E-state index in [4.69, 9.17) is 0 Å². The van der Waals surface area contributed by atoms with Crippen LogP contribution < -0.4 is 5.32 Å². The van der Waals surface area contributed by atoms with E-state index in [1.807, 2.05) is 6.07 Å². The zero-order chi connectivity index (χ0) is 15.1. The SMILES string of the molecule is CCCNCC1CCCCCC1Cc1cc(Br)ccc1F. The fraction of sp³-hybridized carbons (Fsp3) is 0.667. The molecule has 118 valence electrons. The van der Waals surface area contributed by atoms with Crippen LogP contribution in [0.3, 0.4) is 0 Å². The lowest BCUT2D eigenvalue weighted by atomic mass is 9.83. The molecule has 3 heteroatoms. The average molecular weight is 356 g/mol. The van der Waals surface area contributed by atoms with Crippen LogP contribution in [0.5, 0.6) is 0 Å². The number of hydrogen-bond donors (Lipinski definition) is 1. The topological polar surface area (TPSA) is 12.0 Å². The molecule has 0 heterocycles. The van der Waals surface area contributed by atoms with Crippen LogP contribution in [0.2, 0.25) is 0 Å². The first-order valence-electron chi connectivity index (χ1n) is 8.35. The van der Waals surface area contributed by atoms with E-state index in [-0.39, 0.29) is 5.82 Å². The van der Waals surface area contributed by atoms with E-state index < -0.39 is 0 Å². The van der Waals surface area contributed by atoms with Gasteiger partial charge in [0, 0.05) is 4.47 Å². The summed E-state index contributed by atoms with van der Waals surface area (Å²) in [5.74, 6) is 1.25. The molecular formula is C18H27BrFN. The van der Waals surface area contributed by atoms with Crippen molar-refractivity contribution in [3.63, 3.8) is 0 Å². The summed E-state index contributed by atoms with van der Waals surface area (Å²) < 4.78 is 15.0. The normalized spacial score (nSPS) is 23.0. The van der Waals surface area contributed by atoms with Crippen molar-refractivity contribution >= 4 is 15.9 Å². The lowest BCUT2D eigenvalue weighted by Crippen LogP contribution is -2.29. The molecular weight excluding hydrogens is 329 g/mol. The Labute approximate surface area is 136 Å². The number of benzene rings is 1. The van der Waals surface area contributed by atoms with E-state index in [0.29, 0.717) is 11.8 Å². The minimum atomic E-state index is -0.0530. The molecule has 1 aliphatic rings. The highest BCUT2D eigenvalue weighted by Gasteiger charge is 2.24. The van der Waals surface area contributed by atoms with Gasteiger partial charge in [0.1, 0.15) is 5.82 Å².